The average Bonchev–Trinajstić information content (AvgIpc) is 3.49. The van der Waals surface area contributed by atoms with Crippen molar-refractivity contribution in [3.8, 4) is 5.75 Å². The summed E-state index contributed by atoms with van der Waals surface area (Å²) in [5.74, 6) is 1.23. The predicted molar refractivity (Wildman–Crippen MR) is 123 cm³/mol. The van der Waals surface area contributed by atoms with Gasteiger partial charge in [0.25, 0.3) is 5.91 Å². The van der Waals surface area contributed by atoms with Gasteiger partial charge in [-0.3, -0.25) is 4.79 Å². The molecule has 5 rings (SSSR count). The zero-order valence-electron chi connectivity index (χ0n) is 17.2. The highest BCUT2D eigenvalue weighted by molar-refractivity contribution is 6.37. The molecule has 31 heavy (non-hydrogen) atoms. The van der Waals surface area contributed by atoms with Crippen molar-refractivity contribution in [1.82, 2.24) is 15.0 Å². The molecule has 0 aliphatic carbocycles. The van der Waals surface area contributed by atoms with Gasteiger partial charge in [0.1, 0.15) is 11.3 Å². The highest BCUT2D eigenvalue weighted by atomic mass is 16.5. The maximum Gasteiger partial charge on any atom is 0.256 e. The third kappa shape index (κ3) is 3.66. The summed E-state index contributed by atoms with van der Waals surface area (Å²) in [5, 5.41) is 6.30. The van der Waals surface area contributed by atoms with E-state index in [1.807, 2.05) is 24.3 Å². The first-order valence-electron chi connectivity index (χ1n) is 10.3. The van der Waals surface area contributed by atoms with Crippen LogP contribution < -0.4 is 15.4 Å². The Bertz CT molecular complexity index is 1270. The molecule has 3 heterocycles. The maximum absolute atomic E-state index is 12.7. The van der Waals surface area contributed by atoms with Crippen molar-refractivity contribution in [3.63, 3.8) is 0 Å². The minimum absolute atomic E-state index is 0.153. The minimum Gasteiger partial charge on any atom is -0.495 e. The molecule has 1 aliphatic heterocycles. The van der Waals surface area contributed by atoms with E-state index in [1.54, 1.807) is 19.4 Å². The second kappa shape index (κ2) is 8.02. The Kier molecular flexibility index (Phi) is 4.92. The van der Waals surface area contributed by atoms with Crippen LogP contribution in [-0.4, -0.2) is 34.5 Å². The van der Waals surface area contributed by atoms with Gasteiger partial charge in [-0.2, -0.15) is 0 Å². The molecule has 2 aromatic carbocycles. The maximum atomic E-state index is 12.7. The number of rotatable bonds is 7. The molecule has 0 atom stereocenters. The molecule has 0 radical (unpaired) electrons. The fourth-order valence-corrected chi connectivity index (χ4v) is 3.92. The molecule has 1 aliphatic rings. The lowest BCUT2D eigenvalue weighted by atomic mass is 10.0. The number of aromatic nitrogens is 3. The minimum atomic E-state index is -0.153. The summed E-state index contributed by atoms with van der Waals surface area (Å²) >= 11 is 0. The zero-order chi connectivity index (χ0) is 21.2. The lowest BCUT2D eigenvalue weighted by Gasteiger charge is -2.03. The van der Waals surface area contributed by atoms with Gasteiger partial charge in [-0.05, 0) is 42.7 Å². The van der Waals surface area contributed by atoms with E-state index in [2.05, 4.69) is 44.9 Å². The van der Waals surface area contributed by atoms with Crippen molar-refractivity contribution in [2.24, 2.45) is 0 Å². The number of nitrogens with one attached hydrogen (secondary N) is 4. The first-order valence-corrected chi connectivity index (χ1v) is 10.3. The fourth-order valence-electron chi connectivity index (χ4n) is 3.92. The number of hydrogen-bond acceptors (Lipinski definition) is 4. The average molecular weight is 413 g/mol. The number of fused-ring (bicyclic) bond motifs is 3. The van der Waals surface area contributed by atoms with Gasteiger partial charge in [-0.1, -0.05) is 30.3 Å². The van der Waals surface area contributed by atoms with Crippen LogP contribution in [-0.2, 0) is 11.2 Å². The van der Waals surface area contributed by atoms with E-state index >= 15 is 0 Å². The third-order valence-corrected chi connectivity index (χ3v) is 5.44. The van der Waals surface area contributed by atoms with Crippen LogP contribution in [0.5, 0.6) is 5.75 Å². The number of benzene rings is 2. The number of anilines is 2. The molecule has 0 saturated heterocycles. The first kappa shape index (κ1) is 19.0. The van der Waals surface area contributed by atoms with E-state index in [-0.39, 0.29) is 5.91 Å². The van der Waals surface area contributed by atoms with Crippen LogP contribution in [0.15, 0.2) is 54.7 Å². The van der Waals surface area contributed by atoms with Crippen molar-refractivity contribution < 1.29 is 9.53 Å². The van der Waals surface area contributed by atoms with Crippen LogP contribution in [0.3, 0.4) is 0 Å². The molecule has 0 saturated carbocycles. The van der Waals surface area contributed by atoms with E-state index in [0.717, 1.165) is 47.4 Å². The van der Waals surface area contributed by atoms with E-state index in [9.17, 15) is 4.79 Å². The van der Waals surface area contributed by atoms with Crippen LogP contribution in [0.1, 0.15) is 23.2 Å². The molecule has 0 spiro atoms. The number of nitrogens with zero attached hydrogens (tertiary/aromatic N) is 1. The van der Waals surface area contributed by atoms with Gasteiger partial charge in [0.05, 0.1) is 29.6 Å². The smallest absolute Gasteiger partial charge is 0.256 e. The van der Waals surface area contributed by atoms with E-state index in [1.165, 1.54) is 5.56 Å². The molecular weight excluding hydrogens is 390 g/mol. The molecule has 7 heteroatoms. The standard InChI is InChI=1S/C24H23N5O2/c1-31-20-11-13-25-19(20)14-16-21-17(27-23(16)30)9-10-18-22(21)29-24(28-18)26-12-5-8-15-6-3-2-4-7-15/h2-4,6-7,9-11,13-14,25H,5,8,12H2,1H3,(H,27,30)(H2,26,28,29)/b16-14+. The molecule has 7 nitrogen and oxygen atoms in total. The van der Waals surface area contributed by atoms with E-state index in [0.29, 0.717) is 17.3 Å². The quantitative estimate of drug-likeness (QED) is 0.266. The number of imidazole rings is 1. The van der Waals surface area contributed by atoms with Gasteiger partial charge in [0.15, 0.2) is 0 Å². The first-order chi connectivity index (χ1) is 15.2. The number of aromatic amines is 2. The summed E-state index contributed by atoms with van der Waals surface area (Å²) in [4.78, 5) is 23.8. The van der Waals surface area contributed by atoms with Gasteiger partial charge in [-0.15, -0.1) is 0 Å². The van der Waals surface area contributed by atoms with Crippen LogP contribution in [0, 0.1) is 0 Å². The van der Waals surface area contributed by atoms with Crippen molar-refractivity contribution >= 4 is 40.2 Å². The Morgan fingerprint density at radius 1 is 1.13 bits per heavy atom. The number of methoxy groups -OCH3 is 1. The van der Waals surface area contributed by atoms with Gasteiger partial charge in [0, 0.05) is 18.3 Å². The number of carbonyl (C=O) groups excluding carboxylic acids is 1. The number of ether oxygens (including phenoxy) is 1. The van der Waals surface area contributed by atoms with Gasteiger partial charge in [-0.25, -0.2) is 4.98 Å². The van der Waals surface area contributed by atoms with Crippen LogP contribution in [0.4, 0.5) is 11.6 Å². The molecule has 0 bridgehead atoms. The van der Waals surface area contributed by atoms with Crippen molar-refractivity contribution in [1.29, 1.82) is 0 Å². The summed E-state index contributed by atoms with van der Waals surface area (Å²) in [6.07, 6.45) is 5.59. The molecule has 1 amide bonds. The highest BCUT2D eigenvalue weighted by Gasteiger charge is 2.28. The number of hydrogen-bond donors (Lipinski definition) is 4. The number of carbonyl (C=O) groups is 1. The molecule has 0 unspecified atom stereocenters. The van der Waals surface area contributed by atoms with Crippen LogP contribution in [0.2, 0.25) is 0 Å². The summed E-state index contributed by atoms with van der Waals surface area (Å²) in [6.45, 7) is 0.802. The molecular formula is C24H23N5O2. The Balaban J connectivity index is 1.39. The summed E-state index contributed by atoms with van der Waals surface area (Å²) < 4.78 is 5.36. The summed E-state index contributed by atoms with van der Waals surface area (Å²) in [6, 6.07) is 16.1. The van der Waals surface area contributed by atoms with Crippen LogP contribution in [0.25, 0.3) is 22.7 Å². The largest absolute Gasteiger partial charge is 0.495 e. The Hall–Kier alpha value is -4.00. The number of aryl methyl sites for hydroxylation is 1. The molecule has 4 aromatic rings. The summed E-state index contributed by atoms with van der Waals surface area (Å²) in [7, 11) is 1.61. The SMILES string of the molecule is COc1cc[nH]c1/C=C1/C(=O)Nc2ccc3[nH]c(NCCCc4ccccc4)nc3c21. The zero-order valence-corrected chi connectivity index (χ0v) is 17.2. The topological polar surface area (TPSA) is 94.8 Å². The van der Waals surface area contributed by atoms with E-state index < -0.39 is 0 Å². The third-order valence-electron chi connectivity index (χ3n) is 5.44. The Morgan fingerprint density at radius 2 is 2.00 bits per heavy atom. The van der Waals surface area contributed by atoms with Crippen molar-refractivity contribution in [2.45, 2.75) is 12.8 Å². The highest BCUT2D eigenvalue weighted by Crippen LogP contribution is 2.39. The van der Waals surface area contributed by atoms with Crippen molar-refractivity contribution in [2.75, 3.05) is 24.3 Å². The molecule has 2 aromatic heterocycles. The lowest BCUT2D eigenvalue weighted by Crippen LogP contribution is -2.04. The molecule has 156 valence electrons. The predicted octanol–water partition coefficient (Wildman–Crippen LogP) is 4.44. The summed E-state index contributed by atoms with van der Waals surface area (Å²) in [5.41, 5.74) is 5.83. The number of H-pyrrole nitrogens is 2. The molecule has 4 N–H and O–H groups in total. The van der Waals surface area contributed by atoms with Gasteiger partial charge >= 0.3 is 0 Å². The Morgan fingerprint density at radius 3 is 2.84 bits per heavy atom. The van der Waals surface area contributed by atoms with E-state index in [4.69, 9.17) is 9.72 Å². The lowest BCUT2D eigenvalue weighted by molar-refractivity contribution is -0.110. The fraction of sp³-hybridized carbons (Fsp3) is 0.167. The van der Waals surface area contributed by atoms with Gasteiger partial charge in [0.2, 0.25) is 5.95 Å². The normalized spacial score (nSPS) is 14.1. The monoisotopic (exact) mass is 413 g/mol. The number of amides is 1. The van der Waals surface area contributed by atoms with Crippen molar-refractivity contribution in [3.05, 3.63) is 71.5 Å². The van der Waals surface area contributed by atoms with Crippen LogP contribution >= 0.6 is 0 Å². The second-order valence-corrected chi connectivity index (χ2v) is 7.46. The second-order valence-electron chi connectivity index (χ2n) is 7.46. The molecule has 0 fully saturated rings. The van der Waals surface area contributed by atoms with Gasteiger partial charge < -0.3 is 25.3 Å². The Labute approximate surface area is 179 Å².